The average Bonchev–Trinajstić information content (AvgIpc) is 3.23. The summed E-state index contributed by atoms with van der Waals surface area (Å²) >= 11 is 0. The minimum atomic E-state index is -0.472. The van der Waals surface area contributed by atoms with E-state index in [1.807, 2.05) is 6.92 Å². The van der Waals surface area contributed by atoms with Gasteiger partial charge in [0.25, 0.3) is 5.91 Å². The SMILES string of the molecule is Cc1noc(C)c1NC(=O)Nc1ccc2c(c1)C(=O)N([C@H](C)CO)C[C@H](C)[C@@H](CN(C)CC1CCCCC1)O2. The molecule has 1 aromatic heterocycles. The van der Waals surface area contributed by atoms with Crippen molar-refractivity contribution in [2.75, 3.05) is 43.9 Å². The van der Waals surface area contributed by atoms with Gasteiger partial charge in [0.15, 0.2) is 5.76 Å². The normalized spacial score (nSPS) is 21.1. The number of ether oxygens (including phenoxy) is 1. The maximum Gasteiger partial charge on any atom is 0.323 e. The van der Waals surface area contributed by atoms with Crippen LogP contribution in [-0.2, 0) is 0 Å². The van der Waals surface area contributed by atoms with E-state index < -0.39 is 6.03 Å². The smallest absolute Gasteiger partial charge is 0.323 e. The molecule has 3 N–H and O–H groups in total. The quantitative estimate of drug-likeness (QED) is 0.444. The van der Waals surface area contributed by atoms with Crippen LogP contribution < -0.4 is 15.4 Å². The standard InChI is InChI=1S/C29H43N5O5/c1-18-14-34(19(2)17-35)28(36)24-13-23(30-29(37)31-27-20(3)32-39-21(27)4)11-12-25(24)38-26(18)16-33(5)15-22-9-7-6-8-10-22/h11-13,18-19,22,26,35H,6-10,14-17H2,1-5H3,(H2,30,31,37)/t18-,19+,26+/m0/s1. The Hall–Kier alpha value is -3.11. The van der Waals surface area contributed by atoms with Gasteiger partial charge in [-0.1, -0.05) is 31.3 Å². The number of aliphatic hydroxyl groups excluding tert-OH is 1. The fourth-order valence-corrected chi connectivity index (χ4v) is 5.65. The van der Waals surface area contributed by atoms with Crippen LogP contribution in [0.1, 0.15) is 67.8 Å². The van der Waals surface area contributed by atoms with Crippen molar-refractivity contribution in [3.63, 3.8) is 0 Å². The molecular weight excluding hydrogens is 498 g/mol. The largest absolute Gasteiger partial charge is 0.488 e. The first kappa shape index (κ1) is 28.9. The Bertz CT molecular complexity index is 1130. The van der Waals surface area contributed by atoms with E-state index in [1.54, 1.807) is 36.9 Å². The van der Waals surface area contributed by atoms with Gasteiger partial charge in [-0.3, -0.25) is 4.79 Å². The molecule has 0 spiro atoms. The first-order chi connectivity index (χ1) is 18.7. The van der Waals surface area contributed by atoms with Gasteiger partial charge in [-0.25, -0.2) is 4.79 Å². The Kier molecular flexibility index (Phi) is 9.50. The number of carbonyl (C=O) groups excluding carboxylic acids is 2. The number of amides is 3. The Labute approximate surface area is 231 Å². The molecule has 0 bridgehead atoms. The van der Waals surface area contributed by atoms with E-state index in [1.165, 1.54) is 32.1 Å². The molecule has 2 aliphatic rings. The number of hydrogen-bond acceptors (Lipinski definition) is 7. The lowest BCUT2D eigenvalue weighted by Gasteiger charge is -2.38. The molecule has 0 saturated heterocycles. The van der Waals surface area contributed by atoms with E-state index in [4.69, 9.17) is 9.26 Å². The van der Waals surface area contributed by atoms with Crippen LogP contribution in [0, 0.1) is 25.7 Å². The summed E-state index contributed by atoms with van der Waals surface area (Å²) in [7, 11) is 2.15. The molecule has 3 amide bonds. The molecule has 0 unspecified atom stereocenters. The Morgan fingerprint density at radius 3 is 2.62 bits per heavy atom. The highest BCUT2D eigenvalue weighted by Gasteiger charge is 2.34. The number of aliphatic hydroxyl groups is 1. The van der Waals surface area contributed by atoms with Crippen molar-refractivity contribution in [2.24, 2.45) is 11.8 Å². The van der Waals surface area contributed by atoms with Gasteiger partial charge in [0, 0.05) is 31.2 Å². The Balaban J connectivity index is 1.54. The van der Waals surface area contributed by atoms with Crippen molar-refractivity contribution >= 4 is 23.3 Å². The molecule has 1 aliphatic heterocycles. The van der Waals surface area contributed by atoms with Gasteiger partial charge in [0.2, 0.25) is 0 Å². The highest BCUT2D eigenvalue weighted by Crippen LogP contribution is 2.31. The van der Waals surface area contributed by atoms with Gasteiger partial charge in [-0.2, -0.15) is 0 Å². The molecule has 10 nitrogen and oxygen atoms in total. The van der Waals surface area contributed by atoms with Crippen molar-refractivity contribution in [1.29, 1.82) is 0 Å². The maximum atomic E-state index is 13.7. The molecule has 10 heteroatoms. The van der Waals surface area contributed by atoms with Gasteiger partial charge in [-0.05, 0) is 64.8 Å². The third kappa shape index (κ3) is 7.10. The molecule has 2 aromatic rings. The highest BCUT2D eigenvalue weighted by atomic mass is 16.5. The van der Waals surface area contributed by atoms with Crippen molar-refractivity contribution in [2.45, 2.75) is 71.9 Å². The summed E-state index contributed by atoms with van der Waals surface area (Å²) in [5, 5.41) is 19.3. The van der Waals surface area contributed by atoms with Gasteiger partial charge >= 0.3 is 6.03 Å². The van der Waals surface area contributed by atoms with Crippen molar-refractivity contribution in [1.82, 2.24) is 15.0 Å². The predicted molar refractivity (Wildman–Crippen MR) is 150 cm³/mol. The number of fused-ring (bicyclic) bond motifs is 1. The number of carbonyl (C=O) groups is 2. The van der Waals surface area contributed by atoms with Crippen LogP contribution in [0.3, 0.4) is 0 Å². The molecule has 3 atom stereocenters. The summed E-state index contributed by atoms with van der Waals surface area (Å²) < 4.78 is 11.6. The lowest BCUT2D eigenvalue weighted by molar-refractivity contribution is 0.0330. The Morgan fingerprint density at radius 1 is 1.21 bits per heavy atom. The first-order valence-electron chi connectivity index (χ1n) is 14.1. The van der Waals surface area contributed by atoms with Crippen molar-refractivity contribution in [3.05, 3.63) is 35.2 Å². The molecule has 1 saturated carbocycles. The summed E-state index contributed by atoms with van der Waals surface area (Å²) in [5.74, 6) is 1.53. The topological polar surface area (TPSA) is 120 Å². The number of aromatic nitrogens is 1. The number of rotatable bonds is 8. The molecule has 2 heterocycles. The zero-order valence-electron chi connectivity index (χ0n) is 23.8. The number of aryl methyl sites for hydroxylation is 2. The number of hydrogen-bond donors (Lipinski definition) is 3. The average molecular weight is 542 g/mol. The lowest BCUT2D eigenvalue weighted by atomic mass is 9.89. The first-order valence-corrected chi connectivity index (χ1v) is 14.1. The van der Waals surface area contributed by atoms with Crippen LogP contribution in [-0.4, -0.2) is 77.4 Å². The lowest BCUT2D eigenvalue weighted by Crippen LogP contribution is -2.50. The predicted octanol–water partition coefficient (Wildman–Crippen LogP) is 4.67. The second kappa shape index (κ2) is 12.8. The fourth-order valence-electron chi connectivity index (χ4n) is 5.65. The number of urea groups is 1. The number of nitrogens with one attached hydrogen (secondary N) is 2. The molecule has 4 rings (SSSR count). The second-order valence-corrected chi connectivity index (χ2v) is 11.3. The monoisotopic (exact) mass is 541 g/mol. The summed E-state index contributed by atoms with van der Waals surface area (Å²) in [6.07, 6.45) is 6.38. The summed E-state index contributed by atoms with van der Waals surface area (Å²) in [6, 6.07) is 4.28. The van der Waals surface area contributed by atoms with Crippen LogP contribution in [0.25, 0.3) is 0 Å². The summed E-state index contributed by atoms with van der Waals surface area (Å²) in [5.41, 5.74) is 1.89. The third-order valence-electron chi connectivity index (χ3n) is 7.98. The zero-order chi connectivity index (χ0) is 28.1. The maximum absolute atomic E-state index is 13.7. The fraction of sp³-hybridized carbons (Fsp3) is 0.621. The molecule has 1 aromatic carbocycles. The van der Waals surface area contributed by atoms with E-state index in [0.717, 1.165) is 19.0 Å². The minimum absolute atomic E-state index is 0.0588. The number of anilines is 2. The minimum Gasteiger partial charge on any atom is -0.488 e. The van der Waals surface area contributed by atoms with Crippen LogP contribution >= 0.6 is 0 Å². The van der Waals surface area contributed by atoms with Gasteiger partial charge in [0.1, 0.15) is 23.2 Å². The van der Waals surface area contributed by atoms with E-state index in [0.29, 0.717) is 40.7 Å². The van der Waals surface area contributed by atoms with Gasteiger partial charge < -0.3 is 34.8 Å². The molecule has 1 aliphatic carbocycles. The van der Waals surface area contributed by atoms with E-state index in [9.17, 15) is 14.7 Å². The van der Waals surface area contributed by atoms with E-state index in [2.05, 4.69) is 34.7 Å². The summed E-state index contributed by atoms with van der Waals surface area (Å²) in [6.45, 7) is 9.52. The number of likely N-dealkylation sites (N-methyl/N-ethyl adjacent to an activating group) is 1. The van der Waals surface area contributed by atoms with Crippen LogP contribution in [0.15, 0.2) is 22.7 Å². The molecule has 1 fully saturated rings. The van der Waals surface area contributed by atoms with Crippen LogP contribution in [0.5, 0.6) is 5.75 Å². The molecular formula is C29H43N5O5. The van der Waals surface area contributed by atoms with E-state index in [-0.39, 0.29) is 30.6 Å². The highest BCUT2D eigenvalue weighted by molar-refractivity contribution is 6.03. The molecule has 0 radical (unpaired) electrons. The van der Waals surface area contributed by atoms with Crippen molar-refractivity contribution in [3.8, 4) is 5.75 Å². The van der Waals surface area contributed by atoms with Crippen LogP contribution in [0.4, 0.5) is 16.2 Å². The number of benzene rings is 1. The van der Waals surface area contributed by atoms with Gasteiger partial charge in [0.05, 0.1) is 18.2 Å². The van der Waals surface area contributed by atoms with Crippen LogP contribution in [0.2, 0.25) is 0 Å². The molecule has 214 valence electrons. The van der Waals surface area contributed by atoms with E-state index >= 15 is 0 Å². The Morgan fingerprint density at radius 2 is 1.95 bits per heavy atom. The number of nitrogens with zero attached hydrogens (tertiary/aromatic N) is 3. The third-order valence-corrected chi connectivity index (χ3v) is 7.98. The zero-order valence-corrected chi connectivity index (χ0v) is 23.8. The van der Waals surface area contributed by atoms with Crippen molar-refractivity contribution < 1.29 is 24.0 Å². The summed E-state index contributed by atoms with van der Waals surface area (Å²) in [4.78, 5) is 30.5. The molecule has 39 heavy (non-hydrogen) atoms. The second-order valence-electron chi connectivity index (χ2n) is 11.3. The van der Waals surface area contributed by atoms with Gasteiger partial charge in [-0.15, -0.1) is 0 Å².